The van der Waals surface area contributed by atoms with Crippen molar-refractivity contribution in [2.75, 3.05) is 13.2 Å². The molecule has 2 N–H and O–H groups in total. The second-order valence-electron chi connectivity index (χ2n) is 14.7. The van der Waals surface area contributed by atoms with Gasteiger partial charge in [0, 0.05) is 6.42 Å². The number of allylic oxidation sites excluding steroid dienone is 1. The third kappa shape index (κ3) is 41.5. The van der Waals surface area contributed by atoms with Crippen LogP contribution in [-0.4, -0.2) is 35.1 Å². The van der Waals surface area contributed by atoms with Gasteiger partial charge in [0.25, 0.3) is 0 Å². The van der Waals surface area contributed by atoms with Crippen LogP contribution in [0.1, 0.15) is 232 Å². The number of carbonyl (C=O) groups is 1. The first kappa shape index (κ1) is 49.1. The maximum absolute atomic E-state index is 12.4. The van der Waals surface area contributed by atoms with Gasteiger partial charge in [-0.25, -0.2) is 4.57 Å². The normalized spacial score (nSPS) is 12.6. The molecule has 0 rings (SSSR count). The van der Waals surface area contributed by atoms with Crippen LogP contribution in [0.3, 0.4) is 0 Å². The van der Waals surface area contributed by atoms with Crippen LogP contribution in [0.15, 0.2) is 12.3 Å². The summed E-state index contributed by atoms with van der Waals surface area (Å²) in [6.45, 7) is 4.14. The van der Waals surface area contributed by atoms with Gasteiger partial charge in [0.05, 0.1) is 12.9 Å². The van der Waals surface area contributed by atoms with E-state index in [-0.39, 0.29) is 12.6 Å². The summed E-state index contributed by atoms with van der Waals surface area (Å²) < 4.78 is 26.8. The van der Waals surface area contributed by atoms with Gasteiger partial charge in [-0.05, 0) is 25.3 Å². The number of unbranched alkanes of at least 4 members (excludes halogenated alkanes) is 31. The Balaban J connectivity index is 3.78. The summed E-state index contributed by atoms with van der Waals surface area (Å²) in [5, 5.41) is 0. The summed E-state index contributed by atoms with van der Waals surface area (Å²) in [6, 6.07) is 0. The van der Waals surface area contributed by atoms with Crippen LogP contribution in [-0.2, 0) is 23.4 Å². The third-order valence-electron chi connectivity index (χ3n) is 9.66. The van der Waals surface area contributed by atoms with Crippen LogP contribution in [0.5, 0.6) is 0 Å². The molecule has 0 spiro atoms. The molecule has 0 fully saturated rings. The van der Waals surface area contributed by atoms with Crippen LogP contribution in [0, 0.1) is 0 Å². The van der Waals surface area contributed by atoms with Gasteiger partial charge in [0.1, 0.15) is 6.61 Å². The Labute approximate surface area is 310 Å². The maximum atomic E-state index is 12.4. The molecule has 0 aromatic rings. The Morgan fingerprint density at radius 1 is 0.520 bits per heavy atom. The fourth-order valence-corrected chi connectivity index (χ4v) is 6.83. The van der Waals surface area contributed by atoms with Crippen LogP contribution in [0.2, 0.25) is 0 Å². The first-order valence-electron chi connectivity index (χ1n) is 21.5. The van der Waals surface area contributed by atoms with Gasteiger partial charge in [-0.2, -0.15) is 0 Å². The molecule has 0 aromatic heterocycles. The van der Waals surface area contributed by atoms with Crippen molar-refractivity contribution in [2.24, 2.45) is 0 Å². The summed E-state index contributed by atoms with van der Waals surface area (Å²) >= 11 is 0. The maximum Gasteiger partial charge on any atom is 0.469 e. The second kappa shape index (κ2) is 39.3. The number of ether oxygens (including phenoxy) is 2. The van der Waals surface area contributed by atoms with Crippen LogP contribution in [0.4, 0.5) is 0 Å². The smallest absolute Gasteiger partial charge is 0.469 e. The van der Waals surface area contributed by atoms with E-state index in [0.717, 1.165) is 32.1 Å². The summed E-state index contributed by atoms with van der Waals surface area (Å²) in [6.07, 6.45) is 45.8. The SMILES string of the molecule is CCCCCCCCCCCCCCCC/C=C\OC[C@H](COP(=O)(O)O)OC(=O)CCCCCCCCCCCCCCCCCCCC. The monoisotopic (exact) mass is 731 g/mol. The number of hydrogen-bond acceptors (Lipinski definition) is 5. The zero-order valence-electron chi connectivity index (χ0n) is 33.1. The molecule has 0 aliphatic carbocycles. The van der Waals surface area contributed by atoms with Gasteiger partial charge in [0.15, 0.2) is 6.10 Å². The summed E-state index contributed by atoms with van der Waals surface area (Å²) in [5.41, 5.74) is 0. The van der Waals surface area contributed by atoms with E-state index in [4.69, 9.17) is 19.3 Å². The standard InChI is InChI=1S/C42H83O7P/c1-3-5-7-9-11-13-15-17-19-21-22-23-25-27-29-31-33-35-37-42(43)49-41(40-48-50(44,45)46)39-47-38-36-34-32-30-28-26-24-20-18-16-14-12-10-8-6-4-2/h36,38,41H,3-35,37,39-40H2,1-2H3,(H2,44,45,46)/b38-36-/t41-/m1/s1. The number of hydrogen-bond donors (Lipinski definition) is 2. The van der Waals surface area contributed by atoms with Crippen molar-refractivity contribution in [1.29, 1.82) is 0 Å². The van der Waals surface area contributed by atoms with Crippen molar-refractivity contribution in [3.63, 3.8) is 0 Å². The number of esters is 1. The van der Waals surface area contributed by atoms with Crippen molar-refractivity contribution in [2.45, 2.75) is 238 Å². The molecule has 0 saturated carbocycles. The molecule has 0 aliphatic rings. The third-order valence-corrected chi connectivity index (χ3v) is 10.1. The lowest BCUT2D eigenvalue weighted by Gasteiger charge is -2.18. The van der Waals surface area contributed by atoms with Gasteiger partial charge in [-0.3, -0.25) is 9.32 Å². The predicted molar refractivity (Wildman–Crippen MR) is 211 cm³/mol. The van der Waals surface area contributed by atoms with E-state index in [1.165, 1.54) is 180 Å². The number of phosphoric ester groups is 1. The van der Waals surface area contributed by atoms with Crippen molar-refractivity contribution < 1.29 is 33.1 Å². The highest BCUT2D eigenvalue weighted by molar-refractivity contribution is 7.46. The Morgan fingerprint density at radius 3 is 1.22 bits per heavy atom. The molecule has 0 saturated heterocycles. The lowest BCUT2D eigenvalue weighted by Crippen LogP contribution is -2.27. The first-order valence-corrected chi connectivity index (χ1v) is 23.1. The van der Waals surface area contributed by atoms with E-state index in [0.29, 0.717) is 6.42 Å². The molecular weight excluding hydrogens is 647 g/mol. The van der Waals surface area contributed by atoms with Crippen molar-refractivity contribution in [3.8, 4) is 0 Å². The highest BCUT2D eigenvalue weighted by Crippen LogP contribution is 2.36. The average molecular weight is 731 g/mol. The van der Waals surface area contributed by atoms with Gasteiger partial charge in [0.2, 0.25) is 0 Å². The molecule has 50 heavy (non-hydrogen) atoms. The van der Waals surface area contributed by atoms with Crippen molar-refractivity contribution >= 4 is 13.8 Å². The molecule has 0 radical (unpaired) electrons. The molecule has 0 aliphatic heterocycles. The quantitative estimate of drug-likeness (QED) is 0.0279. The Kier molecular flexibility index (Phi) is 38.6. The lowest BCUT2D eigenvalue weighted by atomic mass is 10.0. The zero-order valence-corrected chi connectivity index (χ0v) is 34.0. The van der Waals surface area contributed by atoms with E-state index in [2.05, 4.69) is 18.4 Å². The topological polar surface area (TPSA) is 102 Å². The molecule has 8 heteroatoms. The van der Waals surface area contributed by atoms with Crippen LogP contribution >= 0.6 is 7.82 Å². The number of carbonyl (C=O) groups excluding carboxylic acids is 1. The first-order chi connectivity index (χ1) is 24.4. The minimum Gasteiger partial charge on any atom is -0.498 e. The number of phosphoric acid groups is 1. The Bertz CT molecular complexity index is 769. The van der Waals surface area contributed by atoms with Gasteiger partial charge in [-0.15, -0.1) is 0 Å². The predicted octanol–water partition coefficient (Wildman–Crippen LogP) is 13.8. The van der Waals surface area contributed by atoms with Crippen LogP contribution < -0.4 is 0 Å². The van der Waals surface area contributed by atoms with Gasteiger partial charge < -0.3 is 19.3 Å². The Hall–Kier alpha value is -0.880. The zero-order chi connectivity index (χ0) is 36.6. The van der Waals surface area contributed by atoms with Gasteiger partial charge >= 0.3 is 13.8 Å². The summed E-state index contributed by atoms with van der Waals surface area (Å²) in [7, 11) is -4.66. The summed E-state index contributed by atoms with van der Waals surface area (Å²) in [4.78, 5) is 30.6. The molecule has 1 atom stereocenters. The molecule has 7 nitrogen and oxygen atoms in total. The van der Waals surface area contributed by atoms with Gasteiger partial charge in [-0.1, -0.05) is 206 Å². The van der Waals surface area contributed by atoms with E-state index in [1.54, 1.807) is 6.26 Å². The molecule has 0 bridgehead atoms. The minimum absolute atomic E-state index is 0.000104. The fourth-order valence-electron chi connectivity index (χ4n) is 6.47. The molecule has 0 amide bonds. The fraction of sp³-hybridized carbons (Fsp3) is 0.929. The van der Waals surface area contributed by atoms with Crippen LogP contribution in [0.25, 0.3) is 0 Å². The molecule has 298 valence electrons. The van der Waals surface area contributed by atoms with Crippen molar-refractivity contribution in [3.05, 3.63) is 12.3 Å². The molecular formula is C42H83O7P. The van der Waals surface area contributed by atoms with E-state index in [9.17, 15) is 9.36 Å². The van der Waals surface area contributed by atoms with Crippen molar-refractivity contribution in [1.82, 2.24) is 0 Å². The number of rotatable bonds is 41. The highest BCUT2D eigenvalue weighted by Gasteiger charge is 2.21. The van der Waals surface area contributed by atoms with E-state index in [1.807, 2.05) is 6.08 Å². The van der Waals surface area contributed by atoms with E-state index >= 15 is 0 Å². The average Bonchev–Trinajstić information content (AvgIpc) is 3.09. The second-order valence-corrected chi connectivity index (χ2v) is 16.0. The molecule has 0 aromatic carbocycles. The Morgan fingerprint density at radius 2 is 0.860 bits per heavy atom. The summed E-state index contributed by atoms with van der Waals surface area (Å²) in [5.74, 6) is -0.379. The van der Waals surface area contributed by atoms with E-state index < -0.39 is 20.5 Å². The molecule has 0 heterocycles. The minimum atomic E-state index is -4.66. The highest BCUT2D eigenvalue weighted by atomic mass is 31.2. The lowest BCUT2D eigenvalue weighted by molar-refractivity contribution is -0.153. The molecule has 0 unspecified atom stereocenters. The largest absolute Gasteiger partial charge is 0.498 e.